The number of rotatable bonds is 4. The molecule has 0 bridgehead atoms. The van der Waals surface area contributed by atoms with Gasteiger partial charge in [-0.3, -0.25) is 0 Å². The highest BCUT2D eigenvalue weighted by Gasteiger charge is 2.29. The van der Waals surface area contributed by atoms with Gasteiger partial charge in [0.2, 0.25) is 11.8 Å². The van der Waals surface area contributed by atoms with Crippen molar-refractivity contribution in [3.63, 3.8) is 0 Å². The third-order valence-corrected chi connectivity index (χ3v) is 4.60. The summed E-state index contributed by atoms with van der Waals surface area (Å²) in [6, 6.07) is 2.65. The van der Waals surface area contributed by atoms with Crippen LogP contribution in [-0.4, -0.2) is 42.3 Å². The topological polar surface area (TPSA) is 50.3 Å². The minimum Gasteiger partial charge on any atom is -0.478 e. The maximum Gasteiger partial charge on any atom is 0.228 e. The lowest BCUT2D eigenvalue weighted by atomic mass is 9.89. The zero-order valence-electron chi connectivity index (χ0n) is 13.1. The molecule has 1 aromatic rings. The molecule has 1 atom stereocenters. The van der Waals surface area contributed by atoms with E-state index in [1.165, 1.54) is 32.2 Å². The second kappa shape index (κ2) is 6.60. The molecule has 0 amide bonds. The van der Waals surface area contributed by atoms with Crippen LogP contribution in [0, 0.1) is 12.8 Å². The summed E-state index contributed by atoms with van der Waals surface area (Å²) in [7, 11) is 0. The molecule has 2 aliphatic rings. The highest BCUT2D eigenvalue weighted by atomic mass is 16.5. The van der Waals surface area contributed by atoms with Gasteiger partial charge in [0, 0.05) is 30.9 Å². The second-order valence-corrected chi connectivity index (χ2v) is 6.11. The van der Waals surface area contributed by atoms with Crippen molar-refractivity contribution in [2.75, 3.05) is 31.1 Å². The summed E-state index contributed by atoms with van der Waals surface area (Å²) < 4.78 is 5.53. The van der Waals surface area contributed by atoms with Crippen molar-refractivity contribution in [2.45, 2.75) is 45.6 Å². The maximum absolute atomic E-state index is 5.53. The van der Waals surface area contributed by atoms with E-state index in [1.54, 1.807) is 0 Å². The largest absolute Gasteiger partial charge is 0.478 e. The van der Waals surface area contributed by atoms with Gasteiger partial charge in [0.1, 0.15) is 0 Å². The summed E-state index contributed by atoms with van der Waals surface area (Å²) in [6.45, 7) is 7.94. The van der Waals surface area contributed by atoms with Gasteiger partial charge >= 0.3 is 0 Å². The van der Waals surface area contributed by atoms with Crippen molar-refractivity contribution in [1.29, 1.82) is 0 Å². The van der Waals surface area contributed by atoms with Crippen LogP contribution < -0.4 is 15.0 Å². The van der Waals surface area contributed by atoms with Crippen molar-refractivity contribution >= 4 is 5.95 Å². The molecule has 1 N–H and O–H groups in total. The van der Waals surface area contributed by atoms with Crippen LogP contribution in [0.15, 0.2) is 6.07 Å². The first-order chi connectivity index (χ1) is 10.3. The Morgan fingerprint density at radius 3 is 2.76 bits per heavy atom. The number of aromatic nitrogens is 2. The number of nitrogens with zero attached hydrogens (tertiary/aromatic N) is 3. The molecule has 3 heterocycles. The highest BCUT2D eigenvalue weighted by Crippen LogP contribution is 2.27. The number of anilines is 1. The molecule has 3 rings (SSSR count). The van der Waals surface area contributed by atoms with E-state index in [0.717, 1.165) is 36.7 Å². The van der Waals surface area contributed by atoms with E-state index in [0.29, 0.717) is 12.5 Å². The number of aryl methyl sites for hydroxylation is 1. The molecular formula is C16H26N4O. The van der Waals surface area contributed by atoms with Crippen LogP contribution >= 0.6 is 0 Å². The first-order valence-corrected chi connectivity index (χ1v) is 8.23. The number of piperidine rings is 1. The Morgan fingerprint density at radius 2 is 2.10 bits per heavy atom. The minimum absolute atomic E-state index is 0.644. The summed E-state index contributed by atoms with van der Waals surface area (Å²) in [5.41, 5.74) is 0.975. The molecule has 0 radical (unpaired) electrons. The predicted molar refractivity (Wildman–Crippen MR) is 83.9 cm³/mol. The van der Waals surface area contributed by atoms with Gasteiger partial charge in [-0.15, -0.1) is 0 Å². The molecule has 21 heavy (non-hydrogen) atoms. The van der Waals surface area contributed by atoms with Crippen LogP contribution in [0.4, 0.5) is 5.95 Å². The Labute approximate surface area is 127 Å². The SMILES string of the molecule is CCOc1cc(C)nc(N2CCC(C3CCCN3)CC2)n1. The first kappa shape index (κ1) is 14.6. The van der Waals surface area contributed by atoms with Crippen LogP contribution in [0.3, 0.4) is 0 Å². The standard InChI is InChI=1S/C16H26N4O/c1-3-21-15-11-12(2)18-16(19-15)20-9-6-13(7-10-20)14-5-4-8-17-14/h11,13-14,17H,3-10H2,1-2H3. The first-order valence-electron chi connectivity index (χ1n) is 8.23. The molecule has 2 fully saturated rings. The van der Waals surface area contributed by atoms with E-state index in [-0.39, 0.29) is 0 Å². The van der Waals surface area contributed by atoms with Gasteiger partial charge in [-0.25, -0.2) is 4.98 Å². The molecule has 0 saturated carbocycles. The van der Waals surface area contributed by atoms with Gasteiger partial charge in [0.15, 0.2) is 0 Å². The summed E-state index contributed by atoms with van der Waals surface area (Å²) in [5.74, 6) is 2.34. The average molecular weight is 290 g/mol. The van der Waals surface area contributed by atoms with Crippen LogP contribution in [0.5, 0.6) is 5.88 Å². The van der Waals surface area contributed by atoms with Gasteiger partial charge < -0.3 is 15.0 Å². The zero-order valence-corrected chi connectivity index (χ0v) is 13.1. The summed E-state index contributed by atoms with van der Waals surface area (Å²) in [4.78, 5) is 11.4. The van der Waals surface area contributed by atoms with Crippen LogP contribution in [0.25, 0.3) is 0 Å². The normalized spacial score (nSPS) is 23.5. The Morgan fingerprint density at radius 1 is 1.29 bits per heavy atom. The van der Waals surface area contributed by atoms with E-state index in [4.69, 9.17) is 4.74 Å². The van der Waals surface area contributed by atoms with Crippen molar-refractivity contribution < 1.29 is 4.74 Å². The minimum atomic E-state index is 0.644. The van der Waals surface area contributed by atoms with Crippen molar-refractivity contribution in [3.8, 4) is 5.88 Å². The van der Waals surface area contributed by atoms with Crippen LogP contribution in [-0.2, 0) is 0 Å². The molecule has 5 nitrogen and oxygen atoms in total. The molecule has 2 saturated heterocycles. The third kappa shape index (κ3) is 3.46. The smallest absolute Gasteiger partial charge is 0.228 e. The molecule has 5 heteroatoms. The van der Waals surface area contributed by atoms with Crippen molar-refractivity contribution in [1.82, 2.24) is 15.3 Å². The number of hydrogen-bond acceptors (Lipinski definition) is 5. The van der Waals surface area contributed by atoms with E-state index in [9.17, 15) is 0 Å². The Bertz CT molecular complexity index is 465. The molecular weight excluding hydrogens is 264 g/mol. The average Bonchev–Trinajstić information content (AvgIpc) is 3.01. The number of ether oxygens (including phenoxy) is 1. The lowest BCUT2D eigenvalue weighted by Crippen LogP contribution is -2.41. The fourth-order valence-corrected chi connectivity index (χ4v) is 3.50. The summed E-state index contributed by atoms with van der Waals surface area (Å²) in [5, 5.41) is 3.65. The highest BCUT2D eigenvalue weighted by molar-refractivity contribution is 5.34. The van der Waals surface area contributed by atoms with Crippen molar-refractivity contribution in [2.24, 2.45) is 5.92 Å². The number of nitrogens with one attached hydrogen (secondary N) is 1. The van der Waals surface area contributed by atoms with Gasteiger partial charge in [-0.1, -0.05) is 0 Å². The van der Waals surface area contributed by atoms with E-state index < -0.39 is 0 Å². The maximum atomic E-state index is 5.53. The van der Waals surface area contributed by atoms with Crippen LogP contribution in [0.2, 0.25) is 0 Å². The van der Waals surface area contributed by atoms with Gasteiger partial charge in [0.05, 0.1) is 6.61 Å². The fourth-order valence-electron chi connectivity index (χ4n) is 3.50. The second-order valence-electron chi connectivity index (χ2n) is 6.11. The Balaban J connectivity index is 1.63. The monoisotopic (exact) mass is 290 g/mol. The third-order valence-electron chi connectivity index (χ3n) is 4.60. The van der Waals surface area contributed by atoms with Gasteiger partial charge in [-0.05, 0) is 52.0 Å². The van der Waals surface area contributed by atoms with Gasteiger partial charge in [-0.2, -0.15) is 4.98 Å². The molecule has 1 unspecified atom stereocenters. The predicted octanol–water partition coefficient (Wildman–Crippen LogP) is 2.15. The molecule has 0 aliphatic carbocycles. The fraction of sp³-hybridized carbons (Fsp3) is 0.750. The molecule has 116 valence electrons. The Hall–Kier alpha value is -1.36. The quantitative estimate of drug-likeness (QED) is 0.921. The van der Waals surface area contributed by atoms with E-state index in [2.05, 4.69) is 20.2 Å². The molecule has 2 aliphatic heterocycles. The molecule has 0 aromatic carbocycles. The molecule has 1 aromatic heterocycles. The lowest BCUT2D eigenvalue weighted by Gasteiger charge is -2.35. The zero-order chi connectivity index (χ0) is 14.7. The summed E-state index contributed by atoms with van der Waals surface area (Å²) in [6.07, 6.45) is 5.15. The summed E-state index contributed by atoms with van der Waals surface area (Å²) >= 11 is 0. The Kier molecular flexibility index (Phi) is 4.58. The van der Waals surface area contributed by atoms with E-state index >= 15 is 0 Å². The lowest BCUT2D eigenvalue weighted by molar-refractivity contribution is 0.313. The number of hydrogen-bond donors (Lipinski definition) is 1. The van der Waals surface area contributed by atoms with Gasteiger partial charge in [0.25, 0.3) is 0 Å². The van der Waals surface area contributed by atoms with Crippen LogP contribution in [0.1, 0.15) is 38.3 Å². The van der Waals surface area contributed by atoms with E-state index in [1.807, 2.05) is 19.9 Å². The molecule has 0 spiro atoms. The van der Waals surface area contributed by atoms with Crippen molar-refractivity contribution in [3.05, 3.63) is 11.8 Å².